The van der Waals surface area contributed by atoms with Crippen molar-refractivity contribution in [2.24, 2.45) is 0 Å². The number of aromatic nitrogens is 1. The molecule has 0 aliphatic heterocycles. The van der Waals surface area contributed by atoms with Crippen molar-refractivity contribution >= 4 is 15.2 Å². The van der Waals surface area contributed by atoms with Crippen LogP contribution in [0.15, 0.2) is 18.2 Å². The van der Waals surface area contributed by atoms with E-state index in [2.05, 4.69) is 14.4 Å². The molecule has 1 heterocycles. The van der Waals surface area contributed by atoms with Crippen LogP contribution < -0.4 is 4.67 Å². The molecule has 2 nitrogen and oxygen atoms in total. The van der Waals surface area contributed by atoms with Gasteiger partial charge in [0.25, 0.3) is 0 Å². The predicted octanol–water partition coefficient (Wildman–Crippen LogP) is 1.62. The van der Waals surface area contributed by atoms with Gasteiger partial charge in [-0.15, -0.1) is 0 Å². The van der Waals surface area contributed by atoms with Crippen LogP contribution in [-0.4, -0.2) is 12.0 Å². The van der Waals surface area contributed by atoms with Gasteiger partial charge in [-0.2, -0.15) is 0 Å². The zero-order valence-corrected chi connectivity index (χ0v) is 7.36. The quantitative estimate of drug-likeness (QED) is 0.571. The van der Waals surface area contributed by atoms with Crippen molar-refractivity contribution in [2.75, 3.05) is 11.7 Å². The number of aryl methyl sites for hydroxylation is 1. The Morgan fingerprint density at radius 1 is 1.50 bits per heavy atom. The predicted molar refractivity (Wildman–Crippen MR) is 47.1 cm³/mol. The third kappa shape index (κ3) is 1.68. The van der Waals surface area contributed by atoms with Crippen LogP contribution in [0.25, 0.3) is 0 Å². The summed E-state index contributed by atoms with van der Waals surface area (Å²) in [6.07, 6.45) is 0. The Hall–Kier alpha value is -0.620. The maximum absolute atomic E-state index is 4.28. The maximum Gasteiger partial charge on any atom is 0.131 e. The number of nitrogens with zero attached hydrogens (tertiary/aromatic N) is 2. The van der Waals surface area contributed by atoms with Gasteiger partial charge in [0, 0.05) is 12.7 Å². The highest BCUT2D eigenvalue weighted by atomic mass is 31.0. The summed E-state index contributed by atoms with van der Waals surface area (Å²) in [5.41, 5.74) is 1.05. The Morgan fingerprint density at radius 2 is 2.20 bits per heavy atom. The van der Waals surface area contributed by atoms with E-state index in [-0.39, 0.29) is 0 Å². The number of anilines is 1. The minimum absolute atomic E-state index is 0.977. The van der Waals surface area contributed by atoms with Crippen LogP contribution in [0.5, 0.6) is 0 Å². The second-order valence-electron chi connectivity index (χ2n) is 2.25. The summed E-state index contributed by atoms with van der Waals surface area (Å²) in [5.74, 6) is 0.977. The third-order valence-electron chi connectivity index (χ3n) is 1.23. The van der Waals surface area contributed by atoms with Crippen LogP contribution in [0.3, 0.4) is 0 Å². The second kappa shape index (κ2) is 2.98. The van der Waals surface area contributed by atoms with Crippen LogP contribution in [-0.2, 0) is 0 Å². The first-order chi connectivity index (χ1) is 4.70. The summed E-state index contributed by atoms with van der Waals surface area (Å²) in [7, 11) is 4.52. The molecule has 0 saturated carbocycles. The standard InChI is InChI=1S/C7H11N2P/c1-6-4-3-5-7(8-6)9(2)10/h3-5H,10H2,1-2H3. The van der Waals surface area contributed by atoms with Gasteiger partial charge >= 0.3 is 0 Å². The number of hydrogen-bond donors (Lipinski definition) is 0. The first kappa shape index (κ1) is 7.49. The summed E-state index contributed by atoms with van der Waals surface area (Å²) >= 11 is 0. The van der Waals surface area contributed by atoms with Crippen molar-refractivity contribution in [3.63, 3.8) is 0 Å². The Labute approximate surface area is 63.5 Å². The highest BCUT2D eigenvalue weighted by Crippen LogP contribution is 2.11. The Kier molecular flexibility index (Phi) is 2.23. The fraction of sp³-hybridized carbons (Fsp3) is 0.286. The Balaban J connectivity index is 2.96. The molecule has 0 amide bonds. The molecule has 0 aliphatic carbocycles. The molecule has 0 aromatic carbocycles. The van der Waals surface area contributed by atoms with Crippen molar-refractivity contribution in [1.82, 2.24) is 4.98 Å². The van der Waals surface area contributed by atoms with Crippen LogP contribution in [0.4, 0.5) is 5.82 Å². The van der Waals surface area contributed by atoms with Crippen LogP contribution in [0.1, 0.15) is 5.69 Å². The van der Waals surface area contributed by atoms with Crippen LogP contribution >= 0.6 is 9.39 Å². The highest BCUT2D eigenvalue weighted by Gasteiger charge is 1.93. The van der Waals surface area contributed by atoms with Gasteiger partial charge in [0.15, 0.2) is 0 Å². The minimum atomic E-state index is 0.977. The molecule has 0 N–H and O–H groups in total. The average molecular weight is 154 g/mol. The van der Waals surface area contributed by atoms with Gasteiger partial charge in [0.05, 0.1) is 0 Å². The number of pyridine rings is 1. The normalized spacial score (nSPS) is 9.50. The Bertz CT molecular complexity index is 223. The lowest BCUT2D eigenvalue weighted by atomic mass is 10.4. The van der Waals surface area contributed by atoms with Gasteiger partial charge in [-0.1, -0.05) is 6.07 Å². The first-order valence-electron chi connectivity index (χ1n) is 3.12. The van der Waals surface area contributed by atoms with Gasteiger partial charge in [-0.05, 0) is 28.4 Å². The smallest absolute Gasteiger partial charge is 0.131 e. The highest BCUT2D eigenvalue weighted by molar-refractivity contribution is 7.18. The third-order valence-corrected chi connectivity index (χ3v) is 1.50. The zero-order valence-electron chi connectivity index (χ0n) is 6.20. The molecule has 1 aromatic rings. The van der Waals surface area contributed by atoms with Crippen LogP contribution in [0.2, 0.25) is 0 Å². The molecule has 10 heavy (non-hydrogen) atoms. The van der Waals surface area contributed by atoms with Crippen molar-refractivity contribution in [1.29, 1.82) is 0 Å². The van der Waals surface area contributed by atoms with E-state index in [4.69, 9.17) is 0 Å². The molecular formula is C7H11N2P. The average Bonchev–Trinajstić information content (AvgIpc) is 1.88. The summed E-state index contributed by atoms with van der Waals surface area (Å²) in [6.45, 7) is 1.98. The zero-order chi connectivity index (χ0) is 7.56. The van der Waals surface area contributed by atoms with Gasteiger partial charge in [-0.25, -0.2) is 4.98 Å². The summed E-state index contributed by atoms with van der Waals surface area (Å²) in [6, 6.07) is 5.95. The van der Waals surface area contributed by atoms with E-state index in [0.29, 0.717) is 0 Å². The van der Waals surface area contributed by atoms with Gasteiger partial charge in [0.2, 0.25) is 0 Å². The molecule has 0 radical (unpaired) electrons. The topological polar surface area (TPSA) is 16.1 Å². The molecule has 0 aliphatic rings. The second-order valence-corrected chi connectivity index (χ2v) is 3.02. The van der Waals surface area contributed by atoms with E-state index < -0.39 is 0 Å². The fourth-order valence-corrected chi connectivity index (χ4v) is 0.869. The van der Waals surface area contributed by atoms with Gasteiger partial charge in [0.1, 0.15) is 5.82 Å². The molecule has 1 atom stereocenters. The molecule has 1 rings (SSSR count). The van der Waals surface area contributed by atoms with E-state index >= 15 is 0 Å². The number of rotatable bonds is 1. The van der Waals surface area contributed by atoms with E-state index in [0.717, 1.165) is 11.5 Å². The van der Waals surface area contributed by atoms with E-state index in [1.54, 1.807) is 0 Å². The lowest BCUT2D eigenvalue weighted by Gasteiger charge is -2.09. The van der Waals surface area contributed by atoms with E-state index in [9.17, 15) is 0 Å². The van der Waals surface area contributed by atoms with Crippen molar-refractivity contribution < 1.29 is 0 Å². The van der Waals surface area contributed by atoms with Crippen molar-refractivity contribution in [3.8, 4) is 0 Å². The molecule has 0 spiro atoms. The molecule has 54 valence electrons. The molecule has 1 unspecified atom stereocenters. The largest absolute Gasteiger partial charge is 0.344 e. The monoisotopic (exact) mass is 154 g/mol. The SMILES string of the molecule is Cc1cccc(N(C)P)n1. The molecule has 0 fully saturated rings. The van der Waals surface area contributed by atoms with Gasteiger partial charge < -0.3 is 4.67 Å². The summed E-state index contributed by atoms with van der Waals surface area (Å²) < 4.78 is 1.91. The van der Waals surface area contributed by atoms with Crippen molar-refractivity contribution in [2.45, 2.75) is 6.92 Å². The maximum atomic E-state index is 4.28. The van der Waals surface area contributed by atoms with Crippen LogP contribution in [0, 0.1) is 6.92 Å². The number of hydrogen-bond acceptors (Lipinski definition) is 2. The van der Waals surface area contributed by atoms with Crippen molar-refractivity contribution in [3.05, 3.63) is 23.9 Å². The lowest BCUT2D eigenvalue weighted by molar-refractivity contribution is 1.15. The first-order valence-corrected chi connectivity index (χ1v) is 3.64. The molecule has 1 aromatic heterocycles. The van der Waals surface area contributed by atoms with Gasteiger partial charge in [-0.3, -0.25) is 0 Å². The molecule has 0 bridgehead atoms. The fourth-order valence-electron chi connectivity index (χ4n) is 0.725. The molecule has 0 saturated heterocycles. The molecule has 3 heteroatoms. The van der Waals surface area contributed by atoms with E-state index in [1.807, 2.05) is 36.8 Å². The molecular weight excluding hydrogens is 143 g/mol. The van der Waals surface area contributed by atoms with E-state index in [1.165, 1.54) is 0 Å². The lowest BCUT2D eigenvalue weighted by Crippen LogP contribution is -2.01. The summed E-state index contributed by atoms with van der Waals surface area (Å²) in [4.78, 5) is 4.28. The minimum Gasteiger partial charge on any atom is -0.344 e. The summed E-state index contributed by atoms with van der Waals surface area (Å²) in [5, 5.41) is 0. The Morgan fingerprint density at radius 3 is 2.60 bits per heavy atom.